The van der Waals surface area contributed by atoms with Gasteiger partial charge in [-0.15, -0.1) is 0 Å². The highest BCUT2D eigenvalue weighted by atomic mass is 32.2. The van der Waals surface area contributed by atoms with Gasteiger partial charge in [0.15, 0.2) is 4.32 Å². The molecule has 0 bridgehead atoms. The maximum absolute atomic E-state index is 12.9. The molecule has 1 aromatic heterocycles. The normalized spacial score (nSPS) is 16.6. The van der Waals surface area contributed by atoms with Crippen molar-refractivity contribution >= 4 is 51.9 Å². The Bertz CT molecular complexity index is 952. The van der Waals surface area contributed by atoms with Gasteiger partial charge in [-0.05, 0) is 24.3 Å². The molecule has 0 N–H and O–H groups in total. The minimum absolute atomic E-state index is 0.0175. The van der Waals surface area contributed by atoms with E-state index in [1.54, 1.807) is 0 Å². The number of hydrogen-bond acceptors (Lipinski definition) is 6. The Morgan fingerprint density at radius 2 is 2.00 bits per heavy atom. The van der Waals surface area contributed by atoms with Crippen molar-refractivity contribution in [2.24, 2.45) is 0 Å². The maximum Gasteiger partial charge on any atom is 0.433 e. The SMILES string of the molecule is O=C1C(=Cc2ccc([N+](=O)[O-])o2)SC(=S)N1c1cccc(C(F)(F)F)c1. The predicted molar refractivity (Wildman–Crippen MR) is 92.5 cm³/mol. The quantitative estimate of drug-likeness (QED) is 0.324. The smallest absolute Gasteiger partial charge is 0.401 e. The van der Waals surface area contributed by atoms with Gasteiger partial charge in [-0.3, -0.25) is 19.8 Å². The monoisotopic (exact) mass is 400 g/mol. The molecule has 0 radical (unpaired) electrons. The van der Waals surface area contributed by atoms with E-state index in [9.17, 15) is 28.1 Å². The number of alkyl halides is 3. The number of thioether (sulfide) groups is 1. The molecule has 1 fully saturated rings. The van der Waals surface area contributed by atoms with Crippen molar-refractivity contribution < 1.29 is 27.3 Å². The van der Waals surface area contributed by atoms with Gasteiger partial charge in [0.2, 0.25) is 0 Å². The minimum Gasteiger partial charge on any atom is -0.401 e. The van der Waals surface area contributed by atoms with Crippen LogP contribution in [0.2, 0.25) is 0 Å². The Morgan fingerprint density at radius 3 is 2.62 bits per heavy atom. The van der Waals surface area contributed by atoms with Crippen LogP contribution in [-0.4, -0.2) is 15.2 Å². The van der Waals surface area contributed by atoms with E-state index >= 15 is 0 Å². The highest BCUT2D eigenvalue weighted by molar-refractivity contribution is 8.27. The summed E-state index contributed by atoms with van der Waals surface area (Å²) in [6.45, 7) is 0. The lowest BCUT2D eigenvalue weighted by Gasteiger charge is -2.16. The number of carbonyl (C=O) groups excluding carboxylic acids is 1. The van der Waals surface area contributed by atoms with Crippen LogP contribution >= 0.6 is 24.0 Å². The molecule has 1 aliphatic rings. The first-order valence-corrected chi connectivity index (χ1v) is 8.09. The molecule has 0 spiro atoms. The van der Waals surface area contributed by atoms with E-state index in [1.807, 2.05) is 0 Å². The number of hydrogen-bond donors (Lipinski definition) is 0. The van der Waals surface area contributed by atoms with E-state index in [0.29, 0.717) is 0 Å². The second-order valence-electron chi connectivity index (χ2n) is 5.00. The molecule has 134 valence electrons. The van der Waals surface area contributed by atoms with Crippen LogP contribution in [0.1, 0.15) is 11.3 Å². The zero-order chi connectivity index (χ0) is 19.1. The van der Waals surface area contributed by atoms with Crippen molar-refractivity contribution in [3.8, 4) is 0 Å². The fourth-order valence-corrected chi connectivity index (χ4v) is 3.44. The lowest BCUT2D eigenvalue weighted by Crippen LogP contribution is -2.27. The van der Waals surface area contributed by atoms with E-state index in [2.05, 4.69) is 0 Å². The molecule has 0 saturated carbocycles. The van der Waals surface area contributed by atoms with Crippen LogP contribution in [0.5, 0.6) is 0 Å². The van der Waals surface area contributed by atoms with Crippen molar-refractivity contribution in [1.29, 1.82) is 0 Å². The maximum atomic E-state index is 12.9. The minimum atomic E-state index is -4.56. The second kappa shape index (κ2) is 6.57. The number of thiocarbonyl (C=S) groups is 1. The molecule has 3 rings (SSSR count). The second-order valence-corrected chi connectivity index (χ2v) is 6.67. The van der Waals surface area contributed by atoms with Crippen molar-refractivity contribution in [1.82, 2.24) is 0 Å². The third-order valence-electron chi connectivity index (χ3n) is 3.29. The third kappa shape index (κ3) is 3.48. The number of amides is 1. The molecule has 0 atom stereocenters. The number of nitro groups is 1. The molecule has 1 aliphatic heterocycles. The predicted octanol–water partition coefficient (Wildman–Crippen LogP) is 4.61. The molecule has 11 heteroatoms. The standard InChI is InChI=1S/C15H7F3N2O4S2/c16-15(17,18)8-2-1-3-9(6-8)19-13(21)11(26-14(19)25)7-10-4-5-12(24-10)20(22)23/h1-7H. The summed E-state index contributed by atoms with van der Waals surface area (Å²) in [7, 11) is 0. The molecule has 0 aliphatic carbocycles. The van der Waals surface area contributed by atoms with E-state index in [-0.39, 0.29) is 20.7 Å². The van der Waals surface area contributed by atoms with Crippen molar-refractivity contribution in [3.05, 3.63) is 62.7 Å². The number of carbonyl (C=O) groups is 1. The van der Waals surface area contributed by atoms with Crippen LogP contribution < -0.4 is 4.90 Å². The van der Waals surface area contributed by atoms with Gasteiger partial charge in [-0.2, -0.15) is 13.2 Å². The summed E-state index contributed by atoms with van der Waals surface area (Å²) in [5.74, 6) is -1.08. The van der Waals surface area contributed by atoms with Gasteiger partial charge in [-0.25, -0.2) is 0 Å². The molecule has 2 aromatic rings. The first-order chi connectivity index (χ1) is 12.2. The Morgan fingerprint density at radius 1 is 1.27 bits per heavy atom. The Kier molecular flexibility index (Phi) is 4.59. The van der Waals surface area contributed by atoms with E-state index < -0.39 is 28.5 Å². The number of benzene rings is 1. The molecule has 1 saturated heterocycles. The fraction of sp³-hybridized carbons (Fsp3) is 0.0667. The largest absolute Gasteiger partial charge is 0.433 e. The number of nitrogens with zero attached hydrogens (tertiary/aromatic N) is 2. The molecule has 6 nitrogen and oxygen atoms in total. The first kappa shape index (κ1) is 18.1. The lowest BCUT2D eigenvalue weighted by molar-refractivity contribution is -0.402. The summed E-state index contributed by atoms with van der Waals surface area (Å²) >= 11 is 5.94. The van der Waals surface area contributed by atoms with E-state index in [1.165, 1.54) is 24.3 Å². The summed E-state index contributed by atoms with van der Waals surface area (Å²) in [4.78, 5) is 23.5. The van der Waals surface area contributed by atoms with Gasteiger partial charge >= 0.3 is 12.1 Å². The summed E-state index contributed by atoms with van der Waals surface area (Å²) in [6, 6.07) is 6.65. The third-order valence-corrected chi connectivity index (χ3v) is 4.59. The van der Waals surface area contributed by atoms with Crippen LogP contribution in [0.25, 0.3) is 6.08 Å². The number of anilines is 1. The number of rotatable bonds is 3. The zero-order valence-corrected chi connectivity index (χ0v) is 14.2. The number of halogens is 3. The highest BCUT2D eigenvalue weighted by Crippen LogP contribution is 2.38. The molecule has 1 aromatic carbocycles. The van der Waals surface area contributed by atoms with Gasteiger partial charge in [-0.1, -0.05) is 30.0 Å². The average Bonchev–Trinajstić information content (AvgIpc) is 3.12. The van der Waals surface area contributed by atoms with Crippen LogP contribution in [-0.2, 0) is 11.0 Å². The molecule has 2 heterocycles. The fourth-order valence-electron chi connectivity index (χ4n) is 2.16. The van der Waals surface area contributed by atoms with Crippen LogP contribution in [0.4, 0.5) is 24.7 Å². The van der Waals surface area contributed by atoms with E-state index in [0.717, 1.165) is 34.9 Å². The lowest BCUT2D eigenvalue weighted by atomic mass is 10.2. The topological polar surface area (TPSA) is 76.6 Å². The Labute approximate surface area is 153 Å². The van der Waals surface area contributed by atoms with Crippen molar-refractivity contribution in [3.63, 3.8) is 0 Å². The van der Waals surface area contributed by atoms with Gasteiger partial charge in [0.1, 0.15) is 10.7 Å². The zero-order valence-electron chi connectivity index (χ0n) is 12.5. The van der Waals surface area contributed by atoms with Gasteiger partial charge in [0.25, 0.3) is 5.91 Å². The Balaban J connectivity index is 1.92. The van der Waals surface area contributed by atoms with Crippen molar-refractivity contribution in [2.75, 3.05) is 4.90 Å². The van der Waals surface area contributed by atoms with Gasteiger partial charge in [0, 0.05) is 6.08 Å². The van der Waals surface area contributed by atoms with Crippen LogP contribution in [0.3, 0.4) is 0 Å². The summed E-state index contributed by atoms with van der Waals surface area (Å²) in [5.41, 5.74) is -0.925. The Hall–Kier alpha value is -2.66. The number of furan rings is 1. The average molecular weight is 400 g/mol. The van der Waals surface area contributed by atoms with Gasteiger partial charge < -0.3 is 4.42 Å². The molecule has 1 amide bonds. The molecular weight excluding hydrogens is 393 g/mol. The van der Waals surface area contributed by atoms with Crippen LogP contribution in [0.15, 0.2) is 45.7 Å². The van der Waals surface area contributed by atoms with E-state index in [4.69, 9.17) is 16.6 Å². The summed E-state index contributed by atoms with van der Waals surface area (Å²) < 4.78 is 43.6. The highest BCUT2D eigenvalue weighted by Gasteiger charge is 2.36. The summed E-state index contributed by atoms with van der Waals surface area (Å²) in [6.07, 6.45) is -3.31. The first-order valence-electron chi connectivity index (χ1n) is 6.86. The molecular formula is C15H7F3N2O4S2. The molecule has 26 heavy (non-hydrogen) atoms. The van der Waals surface area contributed by atoms with Crippen LogP contribution in [0, 0.1) is 10.1 Å². The summed E-state index contributed by atoms with van der Waals surface area (Å²) in [5, 5.41) is 10.6. The van der Waals surface area contributed by atoms with Gasteiger partial charge in [0.05, 0.1) is 22.2 Å². The molecule has 0 unspecified atom stereocenters. The van der Waals surface area contributed by atoms with Crippen molar-refractivity contribution in [2.45, 2.75) is 6.18 Å².